The second kappa shape index (κ2) is 4.59. The number of aliphatic hydroxyl groups is 1. The molecular formula is C11H15NO4. The van der Waals surface area contributed by atoms with Crippen molar-refractivity contribution >= 4 is 0 Å². The van der Waals surface area contributed by atoms with Crippen LogP contribution in [0.2, 0.25) is 0 Å². The van der Waals surface area contributed by atoms with Gasteiger partial charge in [-0.2, -0.15) is 0 Å². The molecule has 5 heteroatoms. The molecule has 1 aromatic carbocycles. The summed E-state index contributed by atoms with van der Waals surface area (Å²) in [4.78, 5) is 0. The molecule has 1 atom stereocenters. The molecule has 0 aromatic heterocycles. The number of fused-ring (bicyclic) bond motifs is 1. The third-order valence-corrected chi connectivity index (χ3v) is 2.44. The molecule has 0 spiro atoms. The summed E-state index contributed by atoms with van der Waals surface area (Å²) in [6.07, 6.45) is -0.648. The Morgan fingerprint density at radius 2 is 2.31 bits per heavy atom. The van der Waals surface area contributed by atoms with Gasteiger partial charge in [-0.25, -0.2) is 0 Å². The minimum absolute atomic E-state index is 0.178. The fourth-order valence-electron chi connectivity index (χ4n) is 1.50. The molecule has 0 bridgehead atoms. The SMILES string of the molecule is Cc1c(OCC(O)CN)ccc2c1OCO2. The van der Waals surface area contributed by atoms with E-state index in [9.17, 15) is 5.11 Å². The Morgan fingerprint density at radius 1 is 1.50 bits per heavy atom. The summed E-state index contributed by atoms with van der Waals surface area (Å²) >= 11 is 0. The van der Waals surface area contributed by atoms with E-state index in [1.165, 1.54) is 0 Å². The summed E-state index contributed by atoms with van der Waals surface area (Å²) in [5.41, 5.74) is 6.16. The van der Waals surface area contributed by atoms with Crippen LogP contribution in [0.1, 0.15) is 5.56 Å². The predicted molar refractivity (Wildman–Crippen MR) is 57.9 cm³/mol. The number of nitrogens with two attached hydrogens (primary N) is 1. The van der Waals surface area contributed by atoms with Crippen LogP contribution in [0.15, 0.2) is 12.1 Å². The highest BCUT2D eigenvalue weighted by molar-refractivity contribution is 5.54. The van der Waals surface area contributed by atoms with Gasteiger partial charge >= 0.3 is 0 Å². The number of rotatable bonds is 4. The van der Waals surface area contributed by atoms with Gasteiger partial charge in [-0.1, -0.05) is 0 Å². The van der Waals surface area contributed by atoms with Crippen molar-refractivity contribution in [2.24, 2.45) is 5.73 Å². The molecular weight excluding hydrogens is 210 g/mol. The highest BCUT2D eigenvalue weighted by Crippen LogP contribution is 2.39. The number of ether oxygens (including phenoxy) is 3. The monoisotopic (exact) mass is 225 g/mol. The Kier molecular flexibility index (Phi) is 3.17. The molecule has 1 heterocycles. The minimum atomic E-state index is -0.648. The lowest BCUT2D eigenvalue weighted by molar-refractivity contribution is 0.113. The van der Waals surface area contributed by atoms with Crippen LogP contribution < -0.4 is 19.9 Å². The first-order valence-corrected chi connectivity index (χ1v) is 5.12. The van der Waals surface area contributed by atoms with Crippen molar-refractivity contribution in [2.45, 2.75) is 13.0 Å². The normalized spacial score (nSPS) is 14.9. The first-order valence-electron chi connectivity index (χ1n) is 5.12. The molecule has 0 fully saturated rings. The molecule has 0 saturated heterocycles. The third-order valence-electron chi connectivity index (χ3n) is 2.44. The quantitative estimate of drug-likeness (QED) is 0.777. The molecule has 5 nitrogen and oxygen atoms in total. The molecule has 1 aromatic rings. The largest absolute Gasteiger partial charge is 0.490 e. The molecule has 88 valence electrons. The Bertz CT molecular complexity index is 380. The molecule has 1 aliphatic heterocycles. The molecule has 1 aliphatic rings. The van der Waals surface area contributed by atoms with Crippen LogP contribution in [0.4, 0.5) is 0 Å². The van der Waals surface area contributed by atoms with Gasteiger partial charge in [-0.05, 0) is 19.1 Å². The van der Waals surface area contributed by atoms with Gasteiger partial charge in [-0.15, -0.1) is 0 Å². The maximum absolute atomic E-state index is 9.30. The van der Waals surface area contributed by atoms with E-state index >= 15 is 0 Å². The van der Waals surface area contributed by atoms with Crippen LogP contribution in [0.3, 0.4) is 0 Å². The lowest BCUT2D eigenvalue weighted by Crippen LogP contribution is -2.26. The third kappa shape index (κ3) is 2.05. The molecule has 1 unspecified atom stereocenters. The predicted octanol–water partition coefficient (Wildman–Crippen LogP) is 0.422. The van der Waals surface area contributed by atoms with E-state index in [1.54, 1.807) is 12.1 Å². The number of benzene rings is 1. The average Bonchev–Trinajstić information content (AvgIpc) is 2.76. The average molecular weight is 225 g/mol. The van der Waals surface area contributed by atoms with E-state index in [0.29, 0.717) is 11.5 Å². The summed E-state index contributed by atoms with van der Waals surface area (Å²) in [6, 6.07) is 3.59. The van der Waals surface area contributed by atoms with E-state index < -0.39 is 6.10 Å². The molecule has 0 aliphatic carbocycles. The zero-order valence-corrected chi connectivity index (χ0v) is 9.10. The molecule has 2 rings (SSSR count). The van der Waals surface area contributed by atoms with Crippen molar-refractivity contribution in [1.82, 2.24) is 0 Å². The van der Waals surface area contributed by atoms with Crippen molar-refractivity contribution in [3.8, 4) is 17.2 Å². The number of hydrogen-bond acceptors (Lipinski definition) is 5. The second-order valence-corrected chi connectivity index (χ2v) is 3.62. The first-order chi connectivity index (χ1) is 7.72. The van der Waals surface area contributed by atoms with Crippen molar-refractivity contribution in [3.05, 3.63) is 17.7 Å². The van der Waals surface area contributed by atoms with Crippen LogP contribution in [0.25, 0.3) is 0 Å². The summed E-state index contributed by atoms with van der Waals surface area (Å²) in [5.74, 6) is 2.11. The lowest BCUT2D eigenvalue weighted by Gasteiger charge is -2.13. The molecule has 3 N–H and O–H groups in total. The van der Waals surface area contributed by atoms with Crippen molar-refractivity contribution in [1.29, 1.82) is 0 Å². The standard InChI is InChI=1S/C11H15NO4/c1-7-9(14-5-8(13)4-12)2-3-10-11(7)16-6-15-10/h2-3,8,13H,4-6,12H2,1H3. The summed E-state index contributed by atoms with van der Waals surface area (Å²) in [6.45, 7) is 2.49. The summed E-state index contributed by atoms with van der Waals surface area (Å²) < 4.78 is 16.0. The van der Waals surface area contributed by atoms with Gasteiger partial charge in [0.15, 0.2) is 11.5 Å². The van der Waals surface area contributed by atoms with Gasteiger partial charge < -0.3 is 25.1 Å². The Labute approximate surface area is 93.7 Å². The van der Waals surface area contributed by atoms with Crippen LogP contribution in [0.5, 0.6) is 17.2 Å². The molecule has 0 saturated carbocycles. The van der Waals surface area contributed by atoms with Gasteiger partial charge in [0, 0.05) is 12.1 Å². The topological polar surface area (TPSA) is 73.9 Å². The summed E-state index contributed by atoms with van der Waals surface area (Å²) in [5, 5.41) is 9.30. The van der Waals surface area contributed by atoms with Crippen molar-refractivity contribution in [3.63, 3.8) is 0 Å². The second-order valence-electron chi connectivity index (χ2n) is 3.62. The van der Waals surface area contributed by atoms with E-state index in [1.807, 2.05) is 6.92 Å². The molecule has 16 heavy (non-hydrogen) atoms. The van der Waals surface area contributed by atoms with E-state index in [0.717, 1.165) is 11.3 Å². The van der Waals surface area contributed by atoms with Gasteiger partial charge in [0.05, 0.1) is 0 Å². The van der Waals surface area contributed by atoms with E-state index in [2.05, 4.69) is 0 Å². The molecule has 0 amide bonds. The van der Waals surface area contributed by atoms with Crippen LogP contribution >= 0.6 is 0 Å². The van der Waals surface area contributed by atoms with Crippen molar-refractivity contribution in [2.75, 3.05) is 19.9 Å². The van der Waals surface area contributed by atoms with E-state index in [-0.39, 0.29) is 19.9 Å². The highest BCUT2D eigenvalue weighted by Gasteiger charge is 2.19. The summed E-state index contributed by atoms with van der Waals surface area (Å²) in [7, 11) is 0. The fraction of sp³-hybridized carbons (Fsp3) is 0.455. The van der Waals surface area contributed by atoms with Gasteiger partial charge in [0.25, 0.3) is 0 Å². The van der Waals surface area contributed by atoms with Gasteiger partial charge in [-0.3, -0.25) is 0 Å². The van der Waals surface area contributed by atoms with Crippen LogP contribution in [-0.2, 0) is 0 Å². The highest BCUT2D eigenvalue weighted by atomic mass is 16.7. The zero-order valence-electron chi connectivity index (χ0n) is 9.10. The minimum Gasteiger partial charge on any atom is -0.490 e. The van der Waals surface area contributed by atoms with Crippen LogP contribution in [-0.4, -0.2) is 31.2 Å². The van der Waals surface area contributed by atoms with E-state index in [4.69, 9.17) is 19.9 Å². The number of hydrogen-bond donors (Lipinski definition) is 2. The van der Waals surface area contributed by atoms with Gasteiger partial charge in [0.1, 0.15) is 18.5 Å². The zero-order chi connectivity index (χ0) is 11.5. The maximum Gasteiger partial charge on any atom is 0.231 e. The van der Waals surface area contributed by atoms with Gasteiger partial charge in [0.2, 0.25) is 6.79 Å². The Hall–Kier alpha value is -1.46. The Balaban J connectivity index is 2.11. The maximum atomic E-state index is 9.30. The van der Waals surface area contributed by atoms with Crippen molar-refractivity contribution < 1.29 is 19.3 Å². The van der Waals surface area contributed by atoms with Crippen LogP contribution in [0, 0.1) is 6.92 Å². The number of aliphatic hydroxyl groups excluding tert-OH is 1. The fourth-order valence-corrected chi connectivity index (χ4v) is 1.50. The first kappa shape index (κ1) is 11.0. The molecule has 0 radical (unpaired) electrons. The lowest BCUT2D eigenvalue weighted by atomic mass is 10.2. The Morgan fingerprint density at radius 3 is 3.06 bits per heavy atom. The smallest absolute Gasteiger partial charge is 0.231 e.